The molecule has 0 bridgehead atoms. The number of nitriles is 1. The Morgan fingerprint density at radius 3 is 2.12 bits per heavy atom. The van der Waals surface area contributed by atoms with Crippen LogP contribution in [-0.4, -0.2) is 53.0 Å². The van der Waals surface area contributed by atoms with Crippen molar-refractivity contribution >= 4 is 16.7 Å². The average Bonchev–Trinajstić information content (AvgIpc) is 3.00. The summed E-state index contributed by atoms with van der Waals surface area (Å²) in [5.74, 6) is -0.181. The minimum Gasteiger partial charge on any atom is -0.345 e. The highest BCUT2D eigenvalue weighted by molar-refractivity contribution is 6.08. The molecular formula is C33H35N5O2. The van der Waals surface area contributed by atoms with Crippen molar-refractivity contribution < 1.29 is 4.79 Å². The number of amides is 1. The molecular weight excluding hydrogens is 498 g/mol. The molecule has 2 heterocycles. The maximum atomic E-state index is 14.2. The number of hydrogen-bond donors (Lipinski definition) is 1. The van der Waals surface area contributed by atoms with E-state index in [0.29, 0.717) is 35.0 Å². The van der Waals surface area contributed by atoms with Gasteiger partial charge in [-0.3, -0.25) is 24.0 Å². The van der Waals surface area contributed by atoms with Crippen LogP contribution in [0.4, 0.5) is 0 Å². The smallest absolute Gasteiger partial charge is 0.263 e. The average molecular weight is 534 g/mol. The molecule has 5 rings (SSSR count). The minimum atomic E-state index is -0.181. The van der Waals surface area contributed by atoms with Crippen molar-refractivity contribution in [1.29, 1.82) is 5.26 Å². The van der Waals surface area contributed by atoms with Crippen molar-refractivity contribution in [2.45, 2.75) is 32.4 Å². The number of hydrogen-bond acceptors (Lipinski definition) is 5. The zero-order chi connectivity index (χ0) is 27.9. The molecule has 0 spiro atoms. The number of nitrogens with zero attached hydrogens (tertiary/aromatic N) is 4. The minimum absolute atomic E-state index is 0.129. The molecule has 1 amide bonds. The van der Waals surface area contributed by atoms with E-state index in [1.54, 1.807) is 10.6 Å². The summed E-state index contributed by atoms with van der Waals surface area (Å²) in [6, 6.07) is 29.1. The van der Waals surface area contributed by atoms with E-state index in [1.165, 1.54) is 0 Å². The molecule has 0 aliphatic carbocycles. The number of rotatable bonds is 9. The lowest BCUT2D eigenvalue weighted by Gasteiger charge is -2.35. The first kappa shape index (κ1) is 27.3. The summed E-state index contributed by atoms with van der Waals surface area (Å²) in [5, 5.41) is 13.5. The third-order valence-corrected chi connectivity index (χ3v) is 7.72. The number of fused-ring (bicyclic) bond motifs is 1. The van der Waals surface area contributed by atoms with Gasteiger partial charge in [-0.05, 0) is 30.2 Å². The summed E-state index contributed by atoms with van der Waals surface area (Å²) in [5.41, 5.74) is 2.90. The molecule has 7 heteroatoms. The van der Waals surface area contributed by atoms with Gasteiger partial charge in [0.1, 0.15) is 0 Å². The molecule has 0 radical (unpaired) electrons. The molecule has 1 fully saturated rings. The lowest BCUT2D eigenvalue weighted by atomic mass is 9.99. The fourth-order valence-corrected chi connectivity index (χ4v) is 5.58. The first-order valence-corrected chi connectivity index (χ1v) is 14.0. The summed E-state index contributed by atoms with van der Waals surface area (Å²) in [4.78, 5) is 32.9. The molecule has 3 aromatic carbocycles. The van der Waals surface area contributed by atoms with Crippen LogP contribution >= 0.6 is 0 Å². The highest BCUT2D eigenvalue weighted by Crippen LogP contribution is 2.26. The largest absolute Gasteiger partial charge is 0.345 e. The molecule has 204 valence electrons. The summed E-state index contributed by atoms with van der Waals surface area (Å²) in [6.45, 7) is 6.57. The Morgan fingerprint density at radius 1 is 0.875 bits per heavy atom. The molecule has 1 saturated heterocycles. The number of para-hydroxylation sites is 1. The Balaban J connectivity index is 1.61. The summed E-state index contributed by atoms with van der Waals surface area (Å²) < 4.78 is 1.72. The number of aromatic nitrogens is 1. The van der Waals surface area contributed by atoms with Crippen LogP contribution in [0.5, 0.6) is 0 Å². The fourth-order valence-electron chi connectivity index (χ4n) is 5.58. The van der Waals surface area contributed by atoms with Gasteiger partial charge in [0.2, 0.25) is 0 Å². The Labute approximate surface area is 235 Å². The van der Waals surface area contributed by atoms with Crippen LogP contribution in [-0.2, 0) is 6.54 Å². The lowest BCUT2D eigenvalue weighted by Crippen LogP contribution is -2.47. The van der Waals surface area contributed by atoms with Crippen LogP contribution in [0.2, 0.25) is 0 Å². The van der Waals surface area contributed by atoms with Gasteiger partial charge in [0, 0.05) is 62.1 Å². The zero-order valence-electron chi connectivity index (χ0n) is 22.9. The van der Waals surface area contributed by atoms with E-state index in [0.717, 1.165) is 50.4 Å². The van der Waals surface area contributed by atoms with Gasteiger partial charge in [-0.2, -0.15) is 5.26 Å². The van der Waals surface area contributed by atoms with Gasteiger partial charge in [0.05, 0.1) is 23.4 Å². The molecule has 1 aliphatic heterocycles. The second-order valence-corrected chi connectivity index (χ2v) is 10.2. The van der Waals surface area contributed by atoms with Crippen molar-refractivity contribution in [3.05, 3.63) is 112 Å². The molecule has 7 nitrogen and oxygen atoms in total. The highest BCUT2D eigenvalue weighted by Gasteiger charge is 2.27. The fraction of sp³-hybridized carbons (Fsp3) is 0.303. The van der Waals surface area contributed by atoms with Gasteiger partial charge in [0.15, 0.2) is 0 Å². The second kappa shape index (κ2) is 12.7. The van der Waals surface area contributed by atoms with Gasteiger partial charge < -0.3 is 5.32 Å². The molecule has 40 heavy (non-hydrogen) atoms. The predicted molar refractivity (Wildman–Crippen MR) is 158 cm³/mol. The van der Waals surface area contributed by atoms with Crippen molar-refractivity contribution in [2.75, 3.05) is 32.7 Å². The SMILES string of the molecule is CC[C@H](NC(=O)c1c(CN2CCN(CCC#N)CC2)n(-c2ccccc2)c(=O)c2ccccc12)c1ccccc1. The number of piperazine rings is 1. The van der Waals surface area contributed by atoms with Gasteiger partial charge in [-0.15, -0.1) is 0 Å². The van der Waals surface area contributed by atoms with Gasteiger partial charge in [0.25, 0.3) is 11.5 Å². The van der Waals surface area contributed by atoms with Crippen LogP contribution in [0.15, 0.2) is 89.7 Å². The van der Waals surface area contributed by atoms with Crippen molar-refractivity contribution in [1.82, 2.24) is 19.7 Å². The number of pyridine rings is 1. The van der Waals surface area contributed by atoms with Gasteiger partial charge in [-0.1, -0.05) is 73.7 Å². The molecule has 1 atom stereocenters. The quantitative estimate of drug-likeness (QED) is 0.331. The standard InChI is InChI=1S/C33H35N5O2/c1-2-29(25-12-5-3-6-13-25)35-32(39)31-27-16-9-10-17-28(27)33(40)38(26-14-7-4-8-15-26)30(31)24-37-22-20-36(21-23-37)19-11-18-34/h3-10,12-17,29H,2,11,19-24H2,1H3,(H,35,39)/t29-/m0/s1. The molecule has 0 unspecified atom stereocenters. The molecule has 1 aromatic heterocycles. The van der Waals surface area contributed by atoms with Crippen molar-refractivity contribution in [3.63, 3.8) is 0 Å². The first-order valence-electron chi connectivity index (χ1n) is 14.0. The zero-order valence-corrected chi connectivity index (χ0v) is 22.9. The Morgan fingerprint density at radius 2 is 1.48 bits per heavy atom. The third kappa shape index (κ3) is 5.84. The second-order valence-electron chi connectivity index (χ2n) is 10.2. The van der Waals surface area contributed by atoms with E-state index in [9.17, 15) is 9.59 Å². The lowest BCUT2D eigenvalue weighted by molar-refractivity contribution is 0.0931. The Hall–Kier alpha value is -4.25. The van der Waals surface area contributed by atoms with Gasteiger partial charge >= 0.3 is 0 Å². The summed E-state index contributed by atoms with van der Waals surface area (Å²) in [6.07, 6.45) is 1.26. The maximum absolute atomic E-state index is 14.2. The summed E-state index contributed by atoms with van der Waals surface area (Å²) in [7, 11) is 0. The number of carbonyl (C=O) groups excluding carboxylic acids is 1. The van der Waals surface area contributed by atoms with Gasteiger partial charge in [-0.25, -0.2) is 0 Å². The Kier molecular flexibility index (Phi) is 8.70. The van der Waals surface area contributed by atoms with E-state index in [1.807, 2.05) is 78.9 Å². The van der Waals surface area contributed by atoms with Crippen LogP contribution in [0, 0.1) is 11.3 Å². The number of benzene rings is 3. The van der Waals surface area contributed by atoms with E-state index in [4.69, 9.17) is 5.26 Å². The normalized spacial score (nSPS) is 15.0. The van der Waals surface area contributed by atoms with Crippen LogP contribution in [0.3, 0.4) is 0 Å². The van der Waals surface area contributed by atoms with E-state index in [-0.39, 0.29) is 17.5 Å². The Bertz CT molecular complexity index is 1550. The van der Waals surface area contributed by atoms with Crippen molar-refractivity contribution in [2.24, 2.45) is 0 Å². The van der Waals surface area contributed by atoms with E-state index in [2.05, 4.69) is 28.1 Å². The highest BCUT2D eigenvalue weighted by atomic mass is 16.2. The number of carbonyl (C=O) groups is 1. The first-order chi connectivity index (χ1) is 19.6. The van der Waals surface area contributed by atoms with E-state index < -0.39 is 0 Å². The van der Waals surface area contributed by atoms with Crippen LogP contribution in [0.1, 0.15) is 47.4 Å². The van der Waals surface area contributed by atoms with Crippen LogP contribution in [0.25, 0.3) is 16.5 Å². The van der Waals surface area contributed by atoms with E-state index >= 15 is 0 Å². The molecule has 0 saturated carbocycles. The monoisotopic (exact) mass is 533 g/mol. The third-order valence-electron chi connectivity index (χ3n) is 7.72. The topological polar surface area (TPSA) is 81.4 Å². The molecule has 1 aliphatic rings. The maximum Gasteiger partial charge on any atom is 0.263 e. The molecule has 4 aromatic rings. The van der Waals surface area contributed by atoms with Crippen LogP contribution < -0.4 is 10.9 Å². The number of nitrogens with one attached hydrogen (secondary N) is 1. The van der Waals surface area contributed by atoms with Crippen molar-refractivity contribution in [3.8, 4) is 11.8 Å². The predicted octanol–water partition coefficient (Wildman–Crippen LogP) is 4.90. The summed E-state index contributed by atoms with van der Waals surface area (Å²) >= 11 is 0. The molecule has 1 N–H and O–H groups in total.